The Balaban J connectivity index is 1.79. The normalized spacial score (nSPS) is 16.3. The van der Waals surface area contributed by atoms with Gasteiger partial charge in [-0.15, -0.1) is 0 Å². The van der Waals surface area contributed by atoms with Crippen LogP contribution in [0.5, 0.6) is 5.75 Å². The molecule has 0 aromatic heterocycles. The van der Waals surface area contributed by atoms with Crippen LogP contribution >= 0.6 is 0 Å². The fourth-order valence-electron chi connectivity index (χ4n) is 2.97. The first-order valence-corrected chi connectivity index (χ1v) is 8.54. The number of phenols is 1. The average molecular weight is 373 g/mol. The molecular weight excluding hydrogens is 347 g/mol. The van der Waals surface area contributed by atoms with E-state index in [1.807, 2.05) is 12.1 Å². The summed E-state index contributed by atoms with van der Waals surface area (Å²) in [5.41, 5.74) is 0.809. The van der Waals surface area contributed by atoms with Crippen molar-refractivity contribution in [3.63, 3.8) is 0 Å². The zero-order valence-electron chi connectivity index (χ0n) is 15.1. The van der Waals surface area contributed by atoms with Gasteiger partial charge in [0, 0.05) is 46.3 Å². The van der Waals surface area contributed by atoms with Crippen LogP contribution in [-0.4, -0.2) is 87.0 Å². The van der Waals surface area contributed by atoms with Crippen molar-refractivity contribution < 1.29 is 18.3 Å². The number of hydrogen-bond donors (Lipinski definition) is 2. The Morgan fingerprint density at radius 2 is 1.88 bits per heavy atom. The van der Waals surface area contributed by atoms with E-state index in [4.69, 9.17) is 0 Å². The molecule has 0 spiro atoms. The van der Waals surface area contributed by atoms with Crippen LogP contribution in [0, 0.1) is 0 Å². The van der Waals surface area contributed by atoms with E-state index in [0.29, 0.717) is 25.6 Å². The van der Waals surface area contributed by atoms with Crippen LogP contribution < -0.4 is 10.2 Å². The number of anilines is 1. The van der Waals surface area contributed by atoms with Gasteiger partial charge in [-0.3, -0.25) is 9.89 Å². The van der Waals surface area contributed by atoms with Crippen LogP contribution in [0.25, 0.3) is 0 Å². The van der Waals surface area contributed by atoms with E-state index in [-0.39, 0.29) is 12.3 Å². The van der Waals surface area contributed by atoms with Crippen LogP contribution in [0.1, 0.15) is 0 Å². The highest BCUT2D eigenvalue weighted by molar-refractivity contribution is 5.80. The lowest BCUT2D eigenvalue weighted by Crippen LogP contribution is -2.53. The van der Waals surface area contributed by atoms with Gasteiger partial charge in [-0.05, 0) is 19.2 Å². The quantitative estimate of drug-likeness (QED) is 0.606. The van der Waals surface area contributed by atoms with Crippen LogP contribution in [0.3, 0.4) is 0 Å². The maximum absolute atomic E-state index is 12.3. The molecule has 0 amide bonds. The summed E-state index contributed by atoms with van der Waals surface area (Å²) in [4.78, 5) is 9.63. The third-order valence-corrected chi connectivity index (χ3v) is 4.24. The van der Waals surface area contributed by atoms with Crippen molar-refractivity contribution in [3.05, 3.63) is 24.3 Å². The fourth-order valence-corrected chi connectivity index (χ4v) is 2.97. The van der Waals surface area contributed by atoms with Crippen LogP contribution in [0.2, 0.25) is 0 Å². The summed E-state index contributed by atoms with van der Waals surface area (Å²) in [5.74, 6) is 0.943. The lowest BCUT2D eigenvalue weighted by atomic mass is 10.2. The minimum atomic E-state index is -4.18. The molecule has 1 aliphatic rings. The summed E-state index contributed by atoms with van der Waals surface area (Å²) in [6.45, 7) is 2.62. The molecule has 1 aliphatic heterocycles. The zero-order valence-corrected chi connectivity index (χ0v) is 15.1. The van der Waals surface area contributed by atoms with E-state index in [1.54, 1.807) is 19.2 Å². The number of nitrogens with one attached hydrogen (secondary N) is 1. The summed E-state index contributed by atoms with van der Waals surface area (Å²) < 4.78 is 37.0. The predicted octanol–water partition coefficient (Wildman–Crippen LogP) is 1.58. The maximum atomic E-state index is 12.3. The van der Waals surface area contributed by atoms with Gasteiger partial charge in [0.05, 0.1) is 12.2 Å². The van der Waals surface area contributed by atoms with Crippen molar-refractivity contribution in [3.8, 4) is 5.75 Å². The van der Waals surface area contributed by atoms with Gasteiger partial charge < -0.3 is 20.2 Å². The largest absolute Gasteiger partial charge is 0.506 e. The number of nitrogens with zero attached hydrogens (tertiary/aromatic N) is 4. The van der Waals surface area contributed by atoms with Gasteiger partial charge in [-0.1, -0.05) is 12.1 Å². The molecule has 1 fully saturated rings. The summed E-state index contributed by atoms with van der Waals surface area (Å²) in [6, 6.07) is 7.23. The molecule has 26 heavy (non-hydrogen) atoms. The molecule has 0 unspecified atom stereocenters. The molecule has 2 N–H and O–H groups in total. The predicted molar refractivity (Wildman–Crippen MR) is 96.8 cm³/mol. The molecule has 6 nitrogen and oxygen atoms in total. The Labute approximate surface area is 151 Å². The van der Waals surface area contributed by atoms with Crippen molar-refractivity contribution in [2.75, 3.05) is 64.8 Å². The summed E-state index contributed by atoms with van der Waals surface area (Å²) in [5, 5.41) is 13.1. The Morgan fingerprint density at radius 3 is 2.46 bits per heavy atom. The minimum Gasteiger partial charge on any atom is -0.506 e. The number of alkyl halides is 3. The highest BCUT2D eigenvalue weighted by Crippen LogP contribution is 2.27. The number of aromatic hydroxyl groups is 1. The summed E-state index contributed by atoms with van der Waals surface area (Å²) >= 11 is 0. The number of para-hydroxylation sites is 2. The molecule has 1 aromatic carbocycles. The van der Waals surface area contributed by atoms with Gasteiger partial charge in [0.1, 0.15) is 5.75 Å². The number of likely N-dealkylation sites (N-methyl/N-ethyl adjacent to an activating group) is 1. The number of rotatable bonds is 5. The third kappa shape index (κ3) is 5.98. The van der Waals surface area contributed by atoms with E-state index < -0.39 is 12.7 Å². The number of halogens is 3. The lowest BCUT2D eigenvalue weighted by molar-refractivity contribution is -0.142. The third-order valence-electron chi connectivity index (χ3n) is 4.24. The van der Waals surface area contributed by atoms with Crippen LogP contribution in [0.15, 0.2) is 29.3 Å². The Kier molecular flexibility index (Phi) is 6.96. The van der Waals surface area contributed by atoms with Crippen LogP contribution in [0.4, 0.5) is 18.9 Å². The van der Waals surface area contributed by atoms with Crippen molar-refractivity contribution in [2.24, 2.45) is 4.99 Å². The molecule has 0 aliphatic carbocycles. The first kappa shape index (κ1) is 20.2. The van der Waals surface area contributed by atoms with E-state index in [9.17, 15) is 18.3 Å². The van der Waals surface area contributed by atoms with Crippen molar-refractivity contribution in [1.82, 2.24) is 15.1 Å². The first-order valence-electron chi connectivity index (χ1n) is 8.54. The highest BCUT2D eigenvalue weighted by Gasteiger charge is 2.29. The van der Waals surface area contributed by atoms with Crippen molar-refractivity contribution in [1.29, 1.82) is 0 Å². The summed E-state index contributed by atoms with van der Waals surface area (Å²) in [7, 11) is 3.11. The molecule has 1 aromatic rings. The van der Waals surface area contributed by atoms with Gasteiger partial charge >= 0.3 is 6.18 Å². The van der Waals surface area contributed by atoms with Gasteiger partial charge in [0.25, 0.3) is 0 Å². The van der Waals surface area contributed by atoms with Crippen LogP contribution in [-0.2, 0) is 0 Å². The first-order chi connectivity index (χ1) is 12.3. The number of hydrogen-bond acceptors (Lipinski definition) is 4. The topological polar surface area (TPSA) is 54.3 Å². The van der Waals surface area contributed by atoms with E-state index in [1.165, 1.54) is 11.9 Å². The van der Waals surface area contributed by atoms with E-state index >= 15 is 0 Å². The van der Waals surface area contributed by atoms with E-state index in [2.05, 4.69) is 20.1 Å². The molecule has 9 heteroatoms. The molecule has 1 heterocycles. The Morgan fingerprint density at radius 1 is 1.23 bits per heavy atom. The van der Waals surface area contributed by atoms with Crippen molar-refractivity contribution >= 4 is 11.6 Å². The molecule has 1 saturated heterocycles. The Bertz CT molecular complexity index is 600. The molecular formula is C17H26F3N5O. The highest BCUT2D eigenvalue weighted by atomic mass is 19.4. The number of benzene rings is 1. The second-order valence-corrected chi connectivity index (χ2v) is 6.29. The number of phenolic OH excluding ortho intramolecular Hbond substituents is 1. The number of aliphatic imine (C=N–C) groups is 1. The number of guanidine groups is 1. The van der Waals surface area contributed by atoms with Gasteiger partial charge in [0.15, 0.2) is 5.96 Å². The zero-order chi connectivity index (χ0) is 19.2. The Hall–Kier alpha value is -2.16. The monoisotopic (exact) mass is 373 g/mol. The molecule has 0 atom stereocenters. The smallest absolute Gasteiger partial charge is 0.401 e. The van der Waals surface area contributed by atoms with Gasteiger partial charge in [-0.2, -0.15) is 13.2 Å². The summed E-state index contributed by atoms with van der Waals surface area (Å²) in [6.07, 6.45) is -4.18. The van der Waals surface area contributed by atoms with E-state index in [0.717, 1.165) is 18.8 Å². The van der Waals surface area contributed by atoms with Gasteiger partial charge in [0.2, 0.25) is 0 Å². The molecule has 146 valence electrons. The SMILES string of the molecule is CN=C(NCCN(C)CC(F)(F)F)N1CCN(c2ccccc2O)CC1. The second-order valence-electron chi connectivity index (χ2n) is 6.29. The molecule has 0 radical (unpaired) electrons. The van der Waals surface area contributed by atoms with Crippen molar-refractivity contribution in [2.45, 2.75) is 6.18 Å². The second kappa shape index (κ2) is 8.98. The molecule has 0 bridgehead atoms. The van der Waals surface area contributed by atoms with Gasteiger partial charge in [-0.25, -0.2) is 0 Å². The minimum absolute atomic E-state index is 0.260. The molecule has 0 saturated carbocycles. The molecule has 2 rings (SSSR count). The lowest BCUT2D eigenvalue weighted by Gasteiger charge is -2.38. The standard InChI is InChI=1S/C17H26F3N5O/c1-21-16(22-7-8-23(2)13-17(18,19)20)25-11-9-24(10-12-25)14-5-3-4-6-15(14)26/h3-6,26H,7-13H2,1-2H3,(H,21,22). The average Bonchev–Trinajstić information content (AvgIpc) is 2.58. The fraction of sp³-hybridized carbons (Fsp3) is 0.588. The maximum Gasteiger partial charge on any atom is 0.401 e. The number of piperazine rings is 1.